The molecule has 0 radical (unpaired) electrons. The van der Waals surface area contributed by atoms with Crippen LogP contribution in [0.3, 0.4) is 0 Å². The SMILES string of the molecule is CCCCCCC(=O)Cc1ncc2ccccc2c1-c1ccccc1. The molecular weight excluding hydrogens is 306 g/mol. The summed E-state index contributed by atoms with van der Waals surface area (Å²) in [6.45, 7) is 2.19. The Kier molecular flexibility index (Phi) is 5.95. The van der Waals surface area contributed by atoms with Crippen LogP contribution in [0.15, 0.2) is 60.8 Å². The molecule has 128 valence electrons. The zero-order valence-electron chi connectivity index (χ0n) is 14.9. The summed E-state index contributed by atoms with van der Waals surface area (Å²) in [5.74, 6) is 0.288. The second-order valence-electron chi connectivity index (χ2n) is 6.56. The number of fused-ring (bicyclic) bond motifs is 1. The summed E-state index contributed by atoms with van der Waals surface area (Å²) in [4.78, 5) is 17.1. The van der Waals surface area contributed by atoms with Gasteiger partial charge in [0, 0.05) is 30.0 Å². The lowest BCUT2D eigenvalue weighted by atomic mass is 9.94. The van der Waals surface area contributed by atoms with Crippen LogP contribution in [0.4, 0.5) is 0 Å². The first-order valence-electron chi connectivity index (χ1n) is 9.23. The van der Waals surface area contributed by atoms with Gasteiger partial charge in [0.15, 0.2) is 0 Å². The minimum atomic E-state index is 0.288. The largest absolute Gasteiger partial charge is 0.299 e. The van der Waals surface area contributed by atoms with Gasteiger partial charge < -0.3 is 0 Å². The van der Waals surface area contributed by atoms with Gasteiger partial charge in [-0.3, -0.25) is 9.78 Å². The third kappa shape index (κ3) is 4.33. The maximum atomic E-state index is 12.5. The highest BCUT2D eigenvalue weighted by Gasteiger charge is 2.14. The molecule has 3 rings (SSSR count). The van der Waals surface area contributed by atoms with Crippen molar-refractivity contribution >= 4 is 16.6 Å². The number of unbranched alkanes of at least 4 members (excludes halogenated alkanes) is 3. The van der Waals surface area contributed by atoms with Crippen LogP contribution in [0, 0.1) is 0 Å². The van der Waals surface area contributed by atoms with Gasteiger partial charge in [0.25, 0.3) is 0 Å². The highest BCUT2D eigenvalue weighted by molar-refractivity contribution is 5.98. The minimum Gasteiger partial charge on any atom is -0.299 e. The molecule has 0 N–H and O–H groups in total. The quantitative estimate of drug-likeness (QED) is 0.475. The summed E-state index contributed by atoms with van der Waals surface area (Å²) in [7, 11) is 0. The number of ketones is 1. The van der Waals surface area contributed by atoms with Gasteiger partial charge >= 0.3 is 0 Å². The van der Waals surface area contributed by atoms with Crippen LogP contribution in [0.2, 0.25) is 0 Å². The fourth-order valence-corrected chi connectivity index (χ4v) is 3.29. The van der Waals surface area contributed by atoms with Crippen molar-refractivity contribution in [1.82, 2.24) is 4.98 Å². The van der Waals surface area contributed by atoms with E-state index in [0.29, 0.717) is 12.8 Å². The van der Waals surface area contributed by atoms with Gasteiger partial charge in [-0.25, -0.2) is 0 Å². The lowest BCUT2D eigenvalue weighted by Crippen LogP contribution is -2.06. The number of benzene rings is 2. The second-order valence-corrected chi connectivity index (χ2v) is 6.56. The molecule has 0 unspecified atom stereocenters. The monoisotopic (exact) mass is 331 g/mol. The molecule has 0 saturated heterocycles. The molecule has 0 atom stereocenters. The van der Waals surface area contributed by atoms with Crippen LogP contribution < -0.4 is 0 Å². The molecule has 0 bridgehead atoms. The van der Waals surface area contributed by atoms with E-state index >= 15 is 0 Å². The zero-order valence-corrected chi connectivity index (χ0v) is 14.9. The summed E-state index contributed by atoms with van der Waals surface area (Å²) in [6, 6.07) is 18.5. The molecule has 3 aromatic rings. The maximum absolute atomic E-state index is 12.5. The third-order valence-corrected chi connectivity index (χ3v) is 4.61. The lowest BCUT2D eigenvalue weighted by molar-refractivity contribution is -0.118. The average molecular weight is 331 g/mol. The number of rotatable bonds is 8. The van der Waals surface area contributed by atoms with E-state index in [2.05, 4.69) is 36.2 Å². The van der Waals surface area contributed by atoms with Crippen molar-refractivity contribution in [3.05, 3.63) is 66.5 Å². The maximum Gasteiger partial charge on any atom is 0.138 e. The van der Waals surface area contributed by atoms with Crippen molar-refractivity contribution < 1.29 is 4.79 Å². The molecule has 2 heteroatoms. The molecular formula is C23H25NO. The Balaban J connectivity index is 1.91. The Bertz CT molecular complexity index is 839. The van der Waals surface area contributed by atoms with Crippen LogP contribution in [0.25, 0.3) is 21.9 Å². The molecule has 0 aliphatic carbocycles. The van der Waals surface area contributed by atoms with E-state index in [1.165, 1.54) is 12.8 Å². The summed E-state index contributed by atoms with van der Waals surface area (Å²) in [6.07, 6.45) is 7.49. The molecule has 0 spiro atoms. The van der Waals surface area contributed by atoms with E-state index in [1.54, 1.807) is 0 Å². The van der Waals surface area contributed by atoms with Gasteiger partial charge in [0.1, 0.15) is 5.78 Å². The Morgan fingerprint density at radius 3 is 2.48 bits per heavy atom. The van der Waals surface area contributed by atoms with Crippen molar-refractivity contribution in [2.75, 3.05) is 0 Å². The van der Waals surface area contributed by atoms with E-state index in [1.807, 2.05) is 36.5 Å². The Morgan fingerprint density at radius 1 is 0.920 bits per heavy atom. The average Bonchev–Trinajstić information content (AvgIpc) is 2.66. The lowest BCUT2D eigenvalue weighted by Gasteiger charge is -2.12. The molecule has 0 aliphatic heterocycles. The number of aromatic nitrogens is 1. The first-order chi connectivity index (χ1) is 12.3. The number of hydrogen-bond acceptors (Lipinski definition) is 2. The van der Waals surface area contributed by atoms with Crippen molar-refractivity contribution in [2.24, 2.45) is 0 Å². The van der Waals surface area contributed by atoms with E-state index in [9.17, 15) is 4.79 Å². The summed E-state index contributed by atoms with van der Waals surface area (Å²) < 4.78 is 0. The zero-order chi connectivity index (χ0) is 17.5. The first kappa shape index (κ1) is 17.3. The number of hydrogen-bond donors (Lipinski definition) is 0. The van der Waals surface area contributed by atoms with Crippen LogP contribution in [-0.4, -0.2) is 10.8 Å². The highest BCUT2D eigenvalue weighted by atomic mass is 16.1. The molecule has 0 fully saturated rings. The van der Waals surface area contributed by atoms with Gasteiger partial charge in [0.05, 0.1) is 5.69 Å². The summed E-state index contributed by atoms with van der Waals surface area (Å²) in [5.41, 5.74) is 3.12. The van der Waals surface area contributed by atoms with Crippen molar-refractivity contribution in [3.8, 4) is 11.1 Å². The Hall–Kier alpha value is -2.48. The molecule has 2 nitrogen and oxygen atoms in total. The van der Waals surface area contributed by atoms with Gasteiger partial charge in [-0.1, -0.05) is 80.8 Å². The Morgan fingerprint density at radius 2 is 1.68 bits per heavy atom. The standard InChI is InChI=1S/C23H25NO/c1-2-3-4-8-14-20(25)16-22-23(18-11-6-5-7-12-18)21-15-10-9-13-19(21)17-24-22/h5-7,9-13,15,17H,2-4,8,14,16H2,1H3. The normalized spacial score (nSPS) is 10.9. The summed E-state index contributed by atoms with van der Waals surface area (Å²) >= 11 is 0. The number of Topliss-reactive ketones (excluding diaryl/α,β-unsaturated/α-hetero) is 1. The molecule has 1 aromatic heterocycles. The van der Waals surface area contributed by atoms with Crippen LogP contribution in [0.5, 0.6) is 0 Å². The molecule has 0 saturated carbocycles. The number of nitrogens with zero attached hydrogens (tertiary/aromatic N) is 1. The van der Waals surface area contributed by atoms with Crippen LogP contribution >= 0.6 is 0 Å². The van der Waals surface area contributed by atoms with E-state index < -0.39 is 0 Å². The van der Waals surface area contributed by atoms with E-state index in [-0.39, 0.29) is 5.78 Å². The fourth-order valence-electron chi connectivity index (χ4n) is 3.29. The smallest absolute Gasteiger partial charge is 0.138 e. The fraction of sp³-hybridized carbons (Fsp3) is 0.304. The van der Waals surface area contributed by atoms with Gasteiger partial charge in [0.2, 0.25) is 0 Å². The van der Waals surface area contributed by atoms with Crippen molar-refractivity contribution in [2.45, 2.75) is 45.4 Å². The molecule has 25 heavy (non-hydrogen) atoms. The van der Waals surface area contributed by atoms with E-state index in [0.717, 1.165) is 40.4 Å². The first-order valence-corrected chi connectivity index (χ1v) is 9.23. The van der Waals surface area contributed by atoms with E-state index in [4.69, 9.17) is 0 Å². The van der Waals surface area contributed by atoms with Gasteiger partial charge in [-0.05, 0) is 17.4 Å². The number of carbonyl (C=O) groups is 1. The minimum absolute atomic E-state index is 0.288. The van der Waals surface area contributed by atoms with Crippen LogP contribution in [0.1, 0.15) is 44.7 Å². The number of pyridine rings is 1. The topological polar surface area (TPSA) is 30.0 Å². The predicted octanol–water partition coefficient (Wildman–Crippen LogP) is 5.98. The van der Waals surface area contributed by atoms with Crippen molar-refractivity contribution in [1.29, 1.82) is 0 Å². The molecule has 1 heterocycles. The highest BCUT2D eigenvalue weighted by Crippen LogP contribution is 2.31. The van der Waals surface area contributed by atoms with Crippen molar-refractivity contribution in [3.63, 3.8) is 0 Å². The molecule has 0 amide bonds. The molecule has 0 aliphatic rings. The number of carbonyl (C=O) groups excluding carboxylic acids is 1. The Labute approximate surface area is 149 Å². The predicted molar refractivity (Wildman–Crippen MR) is 105 cm³/mol. The molecule has 2 aromatic carbocycles. The van der Waals surface area contributed by atoms with Crippen LogP contribution in [-0.2, 0) is 11.2 Å². The summed E-state index contributed by atoms with van der Waals surface area (Å²) in [5, 5.41) is 2.28. The third-order valence-electron chi connectivity index (χ3n) is 4.61. The second kappa shape index (κ2) is 8.57. The van der Waals surface area contributed by atoms with Gasteiger partial charge in [-0.15, -0.1) is 0 Å². The van der Waals surface area contributed by atoms with Gasteiger partial charge in [-0.2, -0.15) is 0 Å².